The maximum absolute atomic E-state index is 2.69. The molecule has 0 atom stereocenters. The maximum atomic E-state index is 2.55. The highest BCUT2D eigenvalue weighted by molar-refractivity contribution is 7.22. The number of hydrogen-bond donors (Lipinski definition) is 0. The van der Waals surface area contributed by atoms with Crippen LogP contribution in [-0.2, 0) is 0 Å². The van der Waals surface area contributed by atoms with Gasteiger partial charge in [-0.2, -0.15) is 0 Å². The minimum Gasteiger partial charge on any atom is -0.311 e. The van der Waals surface area contributed by atoms with Crippen molar-refractivity contribution in [1.29, 1.82) is 0 Å². The zero-order chi connectivity index (χ0) is 36.8. The van der Waals surface area contributed by atoms with Crippen LogP contribution < -0.4 is 46.9 Å². The summed E-state index contributed by atoms with van der Waals surface area (Å²) < 4.78 is 0. The van der Waals surface area contributed by atoms with Crippen LogP contribution in [0, 0.1) is 0 Å². The second kappa shape index (κ2) is 12.1. The van der Waals surface area contributed by atoms with Gasteiger partial charge >= 0.3 is 0 Å². The van der Waals surface area contributed by atoms with Gasteiger partial charge in [-0.05, 0) is 96.1 Å². The molecule has 0 N–H and O–H groups in total. The van der Waals surface area contributed by atoms with Gasteiger partial charge in [0.2, 0.25) is 0 Å². The number of nitrogens with zero attached hydrogens (tertiary/aromatic N) is 2. The van der Waals surface area contributed by atoms with Crippen molar-refractivity contribution in [3.8, 4) is 11.1 Å². The average molecular weight is 727 g/mol. The van der Waals surface area contributed by atoms with Crippen LogP contribution >= 0.6 is 0 Å². The van der Waals surface area contributed by atoms with E-state index < -0.39 is 8.07 Å². The Labute approximate surface area is 328 Å². The van der Waals surface area contributed by atoms with Gasteiger partial charge in [0.15, 0.2) is 8.07 Å². The Morgan fingerprint density at radius 3 is 1.77 bits per heavy atom. The largest absolute Gasteiger partial charge is 0.311 e. The van der Waals surface area contributed by atoms with E-state index in [1.165, 1.54) is 93.2 Å². The van der Waals surface area contributed by atoms with Gasteiger partial charge in [-0.1, -0.05) is 170 Å². The summed E-state index contributed by atoms with van der Waals surface area (Å²) in [5.41, 5.74) is 14.0. The number of para-hydroxylation sites is 2. The molecule has 56 heavy (non-hydrogen) atoms. The van der Waals surface area contributed by atoms with Crippen LogP contribution in [0.15, 0.2) is 212 Å². The summed E-state index contributed by atoms with van der Waals surface area (Å²) >= 11 is 0. The first-order valence-corrected chi connectivity index (χ1v) is 21.6. The third-order valence-electron chi connectivity index (χ3n) is 12.5. The average Bonchev–Trinajstić information content (AvgIpc) is 3.57. The minimum absolute atomic E-state index is 0.0778. The predicted molar refractivity (Wildman–Crippen MR) is 241 cm³/mol. The van der Waals surface area contributed by atoms with Crippen molar-refractivity contribution in [2.75, 3.05) is 9.80 Å². The van der Waals surface area contributed by atoms with E-state index in [1.54, 1.807) is 0 Å². The molecule has 9 aromatic rings. The van der Waals surface area contributed by atoms with E-state index in [0.29, 0.717) is 0 Å². The lowest BCUT2D eigenvalue weighted by molar-refractivity contribution is 1.26. The van der Waals surface area contributed by atoms with Crippen LogP contribution in [0.1, 0.15) is 0 Å². The monoisotopic (exact) mass is 726 g/mol. The molecule has 0 aliphatic carbocycles. The first-order chi connectivity index (χ1) is 27.8. The molecular weight excluding hydrogens is 691 g/mol. The zero-order valence-electron chi connectivity index (χ0n) is 30.7. The summed E-state index contributed by atoms with van der Waals surface area (Å²) in [6.07, 6.45) is 0. The molecule has 0 saturated heterocycles. The van der Waals surface area contributed by atoms with Crippen molar-refractivity contribution in [1.82, 2.24) is 0 Å². The summed E-state index contributed by atoms with van der Waals surface area (Å²) in [7, 11) is -2.69. The molecular formula is C52H35BN2Si. The number of hydrogen-bond acceptors (Lipinski definition) is 2. The molecule has 3 aliphatic rings. The fourth-order valence-corrected chi connectivity index (χ4v) is 15.5. The molecule has 12 rings (SSSR count). The summed E-state index contributed by atoms with van der Waals surface area (Å²) in [6, 6.07) is 79.6. The predicted octanol–water partition coefficient (Wildman–Crippen LogP) is 8.28. The smallest absolute Gasteiger partial charge is 0.252 e. The second-order valence-corrected chi connectivity index (χ2v) is 18.9. The first kappa shape index (κ1) is 31.5. The summed E-state index contributed by atoms with van der Waals surface area (Å²) in [5.74, 6) is 0. The van der Waals surface area contributed by atoms with Crippen LogP contribution in [-0.4, -0.2) is 14.8 Å². The SMILES string of the molecule is c1ccc(N2c3cccc4c3B(c3ccccc3N4c3ccc4c(c3)[Si](c3ccccc3)(c3ccccc3)c3ccccc3-4)c3ccc4ccccc4c32)cc1. The fourth-order valence-electron chi connectivity index (χ4n) is 10.3. The Morgan fingerprint density at radius 2 is 0.982 bits per heavy atom. The normalized spacial score (nSPS) is 14.1. The molecule has 0 aromatic heterocycles. The van der Waals surface area contributed by atoms with Gasteiger partial charge < -0.3 is 9.80 Å². The van der Waals surface area contributed by atoms with Gasteiger partial charge in [-0.25, -0.2) is 0 Å². The van der Waals surface area contributed by atoms with Gasteiger partial charge in [-0.3, -0.25) is 0 Å². The fraction of sp³-hybridized carbons (Fsp3) is 0. The molecule has 0 spiro atoms. The molecule has 0 unspecified atom stereocenters. The molecule has 260 valence electrons. The lowest BCUT2D eigenvalue weighted by Gasteiger charge is -2.44. The highest BCUT2D eigenvalue weighted by Gasteiger charge is 2.49. The van der Waals surface area contributed by atoms with E-state index in [-0.39, 0.29) is 6.71 Å². The highest BCUT2D eigenvalue weighted by atomic mass is 28.3. The summed E-state index contributed by atoms with van der Waals surface area (Å²) in [4.78, 5) is 5.07. The molecule has 3 heterocycles. The Kier molecular flexibility index (Phi) is 6.78. The molecule has 2 nitrogen and oxygen atoms in total. The van der Waals surface area contributed by atoms with Crippen molar-refractivity contribution in [2.24, 2.45) is 0 Å². The Hall–Kier alpha value is -6.88. The highest BCUT2D eigenvalue weighted by Crippen LogP contribution is 2.46. The number of anilines is 6. The molecule has 4 heteroatoms. The van der Waals surface area contributed by atoms with E-state index in [1.807, 2.05) is 0 Å². The standard InChI is InChI=1S/C52H35BN2Si/c1-4-18-37(19-5-1)55-48-29-16-28-47-51(48)53(45-34-31-36-17-10-11-24-41(36)52(45)55)44-26-13-14-27-46(44)54(47)38-32-33-43-42-25-12-15-30-49(42)56(50(43)35-38,39-20-6-2-7-21-39)40-22-8-3-9-23-40/h1-35H. The lowest BCUT2D eigenvalue weighted by Crippen LogP contribution is -2.72. The summed E-state index contributed by atoms with van der Waals surface area (Å²) in [5, 5.41) is 8.25. The number of benzene rings is 9. The Bertz CT molecular complexity index is 2960. The van der Waals surface area contributed by atoms with Crippen LogP contribution in [0.2, 0.25) is 0 Å². The maximum Gasteiger partial charge on any atom is 0.252 e. The second-order valence-electron chi connectivity index (χ2n) is 15.2. The molecule has 3 aliphatic heterocycles. The van der Waals surface area contributed by atoms with Crippen LogP contribution in [0.3, 0.4) is 0 Å². The van der Waals surface area contributed by atoms with E-state index in [4.69, 9.17) is 0 Å². The topological polar surface area (TPSA) is 6.48 Å². The van der Waals surface area contributed by atoms with Crippen molar-refractivity contribution < 1.29 is 0 Å². The number of fused-ring (bicyclic) bond motifs is 9. The molecule has 0 bridgehead atoms. The van der Waals surface area contributed by atoms with Crippen LogP contribution in [0.5, 0.6) is 0 Å². The third kappa shape index (κ3) is 4.22. The first-order valence-electron chi connectivity index (χ1n) is 19.6. The van der Waals surface area contributed by atoms with Gasteiger partial charge in [-0.15, -0.1) is 0 Å². The Morgan fingerprint density at radius 1 is 0.375 bits per heavy atom. The van der Waals surface area contributed by atoms with Crippen LogP contribution in [0.25, 0.3) is 21.9 Å². The van der Waals surface area contributed by atoms with Crippen molar-refractivity contribution in [3.63, 3.8) is 0 Å². The third-order valence-corrected chi connectivity index (χ3v) is 17.4. The van der Waals surface area contributed by atoms with E-state index in [0.717, 1.165) is 0 Å². The van der Waals surface area contributed by atoms with Crippen molar-refractivity contribution >= 4 is 96.8 Å². The molecule has 0 saturated carbocycles. The molecule has 9 aromatic carbocycles. The van der Waals surface area contributed by atoms with Gasteiger partial charge in [0.25, 0.3) is 6.71 Å². The van der Waals surface area contributed by atoms with Gasteiger partial charge in [0, 0.05) is 39.5 Å². The van der Waals surface area contributed by atoms with E-state index in [9.17, 15) is 0 Å². The van der Waals surface area contributed by atoms with E-state index >= 15 is 0 Å². The van der Waals surface area contributed by atoms with Gasteiger partial charge in [0.05, 0.1) is 0 Å². The minimum atomic E-state index is -2.69. The molecule has 0 amide bonds. The quantitative estimate of drug-likeness (QED) is 0.169. The zero-order valence-corrected chi connectivity index (χ0v) is 31.7. The summed E-state index contributed by atoms with van der Waals surface area (Å²) in [6.45, 7) is 0.0778. The van der Waals surface area contributed by atoms with Crippen LogP contribution in [0.4, 0.5) is 34.1 Å². The molecule has 0 radical (unpaired) electrons. The molecule has 0 fully saturated rings. The number of rotatable bonds is 4. The van der Waals surface area contributed by atoms with E-state index in [2.05, 4.69) is 222 Å². The van der Waals surface area contributed by atoms with Crippen molar-refractivity contribution in [2.45, 2.75) is 0 Å². The van der Waals surface area contributed by atoms with Crippen molar-refractivity contribution in [3.05, 3.63) is 212 Å². The lowest BCUT2D eigenvalue weighted by atomic mass is 9.33. The Balaban J connectivity index is 1.14. The van der Waals surface area contributed by atoms with Gasteiger partial charge in [0.1, 0.15) is 0 Å².